The number of alkyl halides is 2. The van der Waals surface area contributed by atoms with Gasteiger partial charge in [0.25, 0.3) is 20.7 Å². The second-order valence-corrected chi connectivity index (χ2v) is 16.9. The van der Waals surface area contributed by atoms with Crippen LogP contribution in [0.25, 0.3) is 17.0 Å². The molecule has 9 nitrogen and oxygen atoms in total. The van der Waals surface area contributed by atoms with Crippen LogP contribution in [-0.4, -0.2) is 51.4 Å². The normalized spacial score (nSPS) is 12.8. The molecule has 3 aromatic carbocycles. The smallest absolute Gasteiger partial charge is 0.274 e. The molecule has 6 rings (SSSR count). The number of pyridine rings is 1. The van der Waals surface area contributed by atoms with E-state index < -0.39 is 31.8 Å². The number of benzene rings is 3. The molecule has 0 aliphatic rings. The summed E-state index contributed by atoms with van der Waals surface area (Å²) in [5.41, 5.74) is 2.49. The molecule has 0 unspecified atom stereocenters. The fraction of sp³-hybridized carbons (Fsp3) is 0.222. The number of carbonyl (C=O) groups is 1. The molecule has 246 valence electrons. The third-order valence-corrected chi connectivity index (χ3v) is 13.4. The summed E-state index contributed by atoms with van der Waals surface area (Å²) >= 11 is 0. The van der Waals surface area contributed by atoms with Crippen LogP contribution in [0.2, 0.25) is 5.04 Å². The van der Waals surface area contributed by atoms with Crippen LogP contribution in [0.1, 0.15) is 42.7 Å². The topological polar surface area (TPSA) is 115 Å². The van der Waals surface area contributed by atoms with Gasteiger partial charge in [-0.05, 0) is 40.0 Å². The van der Waals surface area contributed by atoms with E-state index >= 15 is 0 Å². The highest BCUT2D eigenvalue weighted by Crippen LogP contribution is 2.38. The van der Waals surface area contributed by atoms with E-state index in [0.29, 0.717) is 16.9 Å². The van der Waals surface area contributed by atoms with Crippen molar-refractivity contribution >= 4 is 35.9 Å². The van der Waals surface area contributed by atoms with E-state index in [1.54, 1.807) is 28.8 Å². The van der Waals surface area contributed by atoms with Crippen molar-refractivity contribution < 1.29 is 27.6 Å². The molecule has 0 spiro atoms. The molecule has 1 atom stereocenters. The largest absolute Gasteiger partial charge is 0.508 e. The van der Waals surface area contributed by atoms with E-state index in [1.165, 1.54) is 18.3 Å². The third kappa shape index (κ3) is 6.36. The van der Waals surface area contributed by atoms with E-state index in [1.807, 2.05) is 88.4 Å². The van der Waals surface area contributed by atoms with Gasteiger partial charge in [0.15, 0.2) is 0 Å². The van der Waals surface area contributed by atoms with Crippen LogP contribution in [0, 0.1) is 6.92 Å². The summed E-state index contributed by atoms with van der Waals surface area (Å²) in [6.07, 6.45) is -1.67. The molecule has 6 aromatic rings. The highest BCUT2D eigenvalue weighted by atomic mass is 28.4. The summed E-state index contributed by atoms with van der Waals surface area (Å²) in [4.78, 5) is 21.8. The lowest BCUT2D eigenvalue weighted by atomic mass is 10.1. The quantitative estimate of drug-likeness (QED) is 0.163. The average molecular weight is 668 g/mol. The molecule has 0 radical (unpaired) electrons. The Morgan fingerprint density at radius 2 is 1.67 bits per heavy atom. The highest BCUT2D eigenvalue weighted by molar-refractivity contribution is 6.99. The molecule has 0 fully saturated rings. The summed E-state index contributed by atoms with van der Waals surface area (Å²) in [6, 6.07) is 27.4. The molecule has 3 heterocycles. The highest BCUT2D eigenvalue weighted by Gasteiger charge is 2.52. The Morgan fingerprint density at radius 3 is 2.29 bits per heavy atom. The van der Waals surface area contributed by atoms with Gasteiger partial charge in [-0.1, -0.05) is 98.7 Å². The van der Waals surface area contributed by atoms with E-state index in [9.17, 15) is 18.7 Å². The molecule has 2 N–H and O–H groups in total. The van der Waals surface area contributed by atoms with Crippen LogP contribution >= 0.6 is 0 Å². The number of amides is 1. The lowest BCUT2D eigenvalue weighted by molar-refractivity contribution is 0.00243. The molecule has 0 bridgehead atoms. The monoisotopic (exact) mass is 667 g/mol. The first-order valence-corrected chi connectivity index (χ1v) is 17.3. The zero-order valence-electron chi connectivity index (χ0n) is 26.9. The Balaban J connectivity index is 1.27. The Kier molecular flexibility index (Phi) is 8.95. The molecule has 3 aromatic heterocycles. The van der Waals surface area contributed by atoms with Gasteiger partial charge in [0, 0.05) is 23.5 Å². The average Bonchev–Trinajstić information content (AvgIpc) is 3.71. The van der Waals surface area contributed by atoms with Gasteiger partial charge in [-0.2, -0.15) is 4.98 Å². The first kappa shape index (κ1) is 32.7. The number of carbonyl (C=O) groups excluding carboxylic acids is 1. The summed E-state index contributed by atoms with van der Waals surface area (Å²) in [6.45, 7) is 7.92. The Hall–Kier alpha value is -5.20. The summed E-state index contributed by atoms with van der Waals surface area (Å²) in [5, 5.41) is 18.0. The van der Waals surface area contributed by atoms with Crippen LogP contribution < -0.4 is 15.7 Å². The number of aromatic nitrogens is 4. The number of halogens is 2. The van der Waals surface area contributed by atoms with Crippen LogP contribution in [0.4, 0.5) is 14.5 Å². The Bertz CT molecular complexity index is 2000. The molecule has 0 saturated carbocycles. The maximum absolute atomic E-state index is 14.9. The summed E-state index contributed by atoms with van der Waals surface area (Å²) < 4.78 is 43.5. The van der Waals surface area contributed by atoms with Crippen molar-refractivity contribution in [1.29, 1.82) is 0 Å². The van der Waals surface area contributed by atoms with Crippen LogP contribution in [0.15, 0.2) is 108 Å². The second kappa shape index (κ2) is 13.1. The number of rotatable bonds is 10. The van der Waals surface area contributed by atoms with Crippen LogP contribution in [-0.2, 0) is 10.8 Å². The van der Waals surface area contributed by atoms with Crippen molar-refractivity contribution in [2.45, 2.75) is 51.7 Å². The van der Waals surface area contributed by atoms with E-state index in [2.05, 4.69) is 20.4 Å². The number of nitrogens with zero attached hydrogens (tertiary/aromatic N) is 4. The number of hydrogen-bond acceptors (Lipinski definition) is 7. The SMILES string of the molecule is Cc1ccc(-c2noc(C[C@H](O[Si](c3ccccc3)(c3ccccc3)C(C)(C)C)C(F)F)n2)cc1NC(=O)c1cnc2cc(O)ccn12. The molecule has 12 heteroatoms. The summed E-state index contributed by atoms with van der Waals surface area (Å²) in [7, 11) is -3.29. The molecular formula is C36H35F2N5O4Si. The second-order valence-electron chi connectivity index (χ2n) is 12.6. The van der Waals surface area contributed by atoms with Gasteiger partial charge in [0.2, 0.25) is 11.7 Å². The van der Waals surface area contributed by atoms with E-state index in [0.717, 1.165) is 15.9 Å². The van der Waals surface area contributed by atoms with Gasteiger partial charge in [0.1, 0.15) is 23.2 Å². The number of aryl methyl sites for hydroxylation is 1. The van der Waals surface area contributed by atoms with Crippen molar-refractivity contribution in [1.82, 2.24) is 19.5 Å². The molecule has 0 saturated heterocycles. The predicted molar refractivity (Wildman–Crippen MR) is 181 cm³/mol. The zero-order valence-corrected chi connectivity index (χ0v) is 27.9. The molecule has 0 aliphatic carbocycles. The van der Waals surface area contributed by atoms with Crippen molar-refractivity contribution in [2.75, 3.05) is 5.32 Å². The standard InChI is InChI=1S/C36H35F2N5O4Si/c1-23-15-16-24(19-28(23)40-35(45)29-22-39-31-20-25(44)17-18-43(29)31)34-41-32(46-42-34)21-30(33(37)38)47-48(36(2,3)4,26-11-7-5-8-12-26)27-13-9-6-10-14-27/h5-20,22,30,33,44H,21H2,1-4H3,(H,40,45)/t30-/m0/s1. The van der Waals surface area contributed by atoms with Crippen molar-refractivity contribution in [3.8, 4) is 17.1 Å². The van der Waals surface area contributed by atoms with Crippen molar-refractivity contribution in [3.05, 3.63) is 121 Å². The maximum atomic E-state index is 14.9. The van der Waals surface area contributed by atoms with Crippen molar-refractivity contribution in [2.24, 2.45) is 0 Å². The number of fused-ring (bicyclic) bond motifs is 1. The lowest BCUT2D eigenvalue weighted by Gasteiger charge is -2.44. The van der Waals surface area contributed by atoms with Crippen molar-refractivity contribution in [3.63, 3.8) is 0 Å². The van der Waals surface area contributed by atoms with Gasteiger partial charge in [-0.25, -0.2) is 13.8 Å². The molecule has 0 aliphatic heterocycles. The van der Waals surface area contributed by atoms with E-state index in [4.69, 9.17) is 8.95 Å². The minimum Gasteiger partial charge on any atom is -0.508 e. The fourth-order valence-corrected chi connectivity index (χ4v) is 10.6. The first-order valence-electron chi connectivity index (χ1n) is 15.4. The number of anilines is 1. The van der Waals surface area contributed by atoms with Crippen LogP contribution in [0.3, 0.4) is 0 Å². The summed E-state index contributed by atoms with van der Waals surface area (Å²) in [5.74, 6) is -0.183. The predicted octanol–water partition coefficient (Wildman–Crippen LogP) is 6.40. The number of aromatic hydroxyl groups is 1. The number of hydrogen-bond donors (Lipinski definition) is 2. The van der Waals surface area contributed by atoms with Gasteiger partial charge >= 0.3 is 0 Å². The van der Waals surface area contributed by atoms with Crippen LogP contribution in [0.5, 0.6) is 5.75 Å². The van der Waals surface area contributed by atoms with Gasteiger partial charge in [0.05, 0.1) is 12.6 Å². The fourth-order valence-electron chi connectivity index (χ4n) is 5.95. The number of nitrogens with one attached hydrogen (secondary N) is 1. The zero-order chi connectivity index (χ0) is 34.1. The first-order chi connectivity index (χ1) is 23.0. The maximum Gasteiger partial charge on any atom is 0.274 e. The molecule has 1 amide bonds. The minimum absolute atomic E-state index is 0.00776. The molecule has 48 heavy (non-hydrogen) atoms. The lowest BCUT2D eigenvalue weighted by Crippen LogP contribution is -2.68. The van der Waals surface area contributed by atoms with Gasteiger partial charge in [-0.15, -0.1) is 0 Å². The number of imidazole rings is 1. The van der Waals surface area contributed by atoms with Gasteiger partial charge < -0.3 is 19.4 Å². The third-order valence-electron chi connectivity index (χ3n) is 8.34. The Morgan fingerprint density at radius 1 is 1.00 bits per heavy atom. The van der Waals surface area contributed by atoms with E-state index in [-0.39, 0.29) is 29.6 Å². The minimum atomic E-state index is -3.29. The Labute approximate surface area is 277 Å². The molecular weight excluding hydrogens is 633 g/mol. The van der Waals surface area contributed by atoms with Gasteiger partial charge in [-0.3, -0.25) is 9.20 Å².